The van der Waals surface area contributed by atoms with Gasteiger partial charge in [-0.05, 0) is 19.1 Å². The van der Waals surface area contributed by atoms with Crippen molar-refractivity contribution >= 4 is 12.1 Å². The number of ether oxygens (including phenoxy) is 2. The topological polar surface area (TPSA) is 69.6 Å². The zero-order chi connectivity index (χ0) is 12.3. The number of aromatic nitrogens is 1. The highest BCUT2D eigenvalue weighted by atomic mass is 16.6. The maximum Gasteiger partial charge on any atom is 0.407 e. The van der Waals surface area contributed by atoms with Crippen LogP contribution in [0.4, 0.5) is 4.79 Å². The first kappa shape index (κ1) is 11.5. The van der Waals surface area contributed by atoms with E-state index in [1.807, 2.05) is 0 Å². The largest absolute Gasteiger partial charge is 0.461 e. The second-order valence-corrected chi connectivity index (χ2v) is 3.67. The van der Waals surface area contributed by atoms with Gasteiger partial charge < -0.3 is 19.4 Å². The molecular formula is C11H14N2O4. The van der Waals surface area contributed by atoms with Gasteiger partial charge in [-0.3, -0.25) is 0 Å². The predicted octanol–water partition coefficient (Wildman–Crippen LogP) is 0.773. The second-order valence-electron chi connectivity index (χ2n) is 3.67. The Balaban J connectivity index is 2.03. The summed E-state index contributed by atoms with van der Waals surface area (Å²) in [5.74, 6) is -0.366. The third kappa shape index (κ3) is 2.58. The van der Waals surface area contributed by atoms with Gasteiger partial charge in [-0.2, -0.15) is 0 Å². The van der Waals surface area contributed by atoms with Crippen LogP contribution in [0.15, 0.2) is 18.3 Å². The first-order chi connectivity index (χ1) is 8.20. The van der Waals surface area contributed by atoms with Gasteiger partial charge in [0, 0.05) is 6.20 Å². The van der Waals surface area contributed by atoms with E-state index in [0.29, 0.717) is 25.4 Å². The summed E-state index contributed by atoms with van der Waals surface area (Å²) in [4.78, 5) is 22.5. The van der Waals surface area contributed by atoms with Crippen molar-refractivity contribution in [2.45, 2.75) is 19.6 Å². The number of carbonyl (C=O) groups excluding carboxylic acids is 2. The Bertz CT molecular complexity index is 427. The molecule has 2 heterocycles. The van der Waals surface area contributed by atoms with E-state index in [9.17, 15) is 9.59 Å². The van der Waals surface area contributed by atoms with Crippen molar-refractivity contribution in [2.24, 2.45) is 0 Å². The zero-order valence-corrected chi connectivity index (χ0v) is 9.51. The van der Waals surface area contributed by atoms with Crippen molar-refractivity contribution in [1.82, 2.24) is 9.88 Å². The molecule has 0 bridgehead atoms. The Morgan fingerprint density at radius 1 is 1.71 bits per heavy atom. The minimum atomic E-state index is -0.417. The average Bonchev–Trinajstić information content (AvgIpc) is 2.89. The Labute approximate surface area is 98.5 Å². The SMILES string of the molecule is CCOC(=O)c1cccn1CC1CNC(=O)O1. The van der Waals surface area contributed by atoms with Crippen molar-refractivity contribution < 1.29 is 19.1 Å². The molecule has 0 aliphatic carbocycles. The molecule has 92 valence electrons. The smallest absolute Gasteiger partial charge is 0.407 e. The van der Waals surface area contributed by atoms with E-state index >= 15 is 0 Å². The number of hydrogen-bond donors (Lipinski definition) is 1. The molecule has 1 aromatic heterocycles. The number of rotatable bonds is 4. The van der Waals surface area contributed by atoms with E-state index in [1.165, 1.54) is 0 Å². The molecule has 0 aromatic carbocycles. The number of cyclic esters (lactones) is 1. The molecule has 0 spiro atoms. The van der Waals surface area contributed by atoms with E-state index in [1.54, 1.807) is 29.8 Å². The fourth-order valence-corrected chi connectivity index (χ4v) is 1.72. The second kappa shape index (κ2) is 4.90. The van der Waals surface area contributed by atoms with Crippen molar-refractivity contribution in [3.8, 4) is 0 Å². The van der Waals surface area contributed by atoms with Crippen LogP contribution in [-0.2, 0) is 16.0 Å². The number of amides is 1. The highest BCUT2D eigenvalue weighted by molar-refractivity contribution is 5.87. The first-order valence-electron chi connectivity index (χ1n) is 5.47. The molecule has 1 unspecified atom stereocenters. The first-order valence-corrected chi connectivity index (χ1v) is 5.47. The summed E-state index contributed by atoms with van der Waals surface area (Å²) in [7, 11) is 0. The highest BCUT2D eigenvalue weighted by Crippen LogP contribution is 2.09. The number of nitrogens with one attached hydrogen (secondary N) is 1. The fourth-order valence-electron chi connectivity index (χ4n) is 1.72. The van der Waals surface area contributed by atoms with Crippen LogP contribution in [0.3, 0.4) is 0 Å². The van der Waals surface area contributed by atoms with Gasteiger partial charge >= 0.3 is 12.1 Å². The molecule has 1 saturated heterocycles. The van der Waals surface area contributed by atoms with E-state index in [4.69, 9.17) is 9.47 Å². The van der Waals surface area contributed by atoms with Gasteiger partial charge in [0.15, 0.2) is 0 Å². The van der Waals surface area contributed by atoms with Crippen LogP contribution in [0.2, 0.25) is 0 Å². The average molecular weight is 238 g/mol. The quantitative estimate of drug-likeness (QED) is 0.787. The third-order valence-corrected chi connectivity index (χ3v) is 2.46. The number of esters is 1. The molecule has 2 rings (SSSR count). The van der Waals surface area contributed by atoms with Crippen LogP contribution in [0.25, 0.3) is 0 Å². The van der Waals surface area contributed by atoms with Gasteiger partial charge in [0.1, 0.15) is 11.8 Å². The Morgan fingerprint density at radius 3 is 3.18 bits per heavy atom. The van der Waals surface area contributed by atoms with Crippen LogP contribution in [0.1, 0.15) is 17.4 Å². The molecule has 1 aliphatic rings. The molecule has 6 heteroatoms. The predicted molar refractivity (Wildman–Crippen MR) is 58.7 cm³/mol. The summed E-state index contributed by atoms with van der Waals surface area (Å²) in [5.41, 5.74) is 0.467. The van der Waals surface area contributed by atoms with Gasteiger partial charge in [0.2, 0.25) is 0 Å². The molecule has 1 atom stereocenters. The lowest BCUT2D eigenvalue weighted by molar-refractivity contribution is 0.0510. The van der Waals surface area contributed by atoms with Crippen LogP contribution < -0.4 is 5.32 Å². The minimum absolute atomic E-state index is 0.247. The number of carbonyl (C=O) groups is 2. The molecule has 0 radical (unpaired) electrons. The fraction of sp³-hybridized carbons (Fsp3) is 0.455. The lowest BCUT2D eigenvalue weighted by Crippen LogP contribution is -2.22. The zero-order valence-electron chi connectivity index (χ0n) is 9.51. The molecule has 1 N–H and O–H groups in total. The molecule has 1 aromatic rings. The monoisotopic (exact) mass is 238 g/mol. The molecule has 1 aliphatic heterocycles. The Kier molecular flexibility index (Phi) is 3.32. The normalized spacial score (nSPS) is 18.6. The van der Waals surface area contributed by atoms with Gasteiger partial charge in [-0.25, -0.2) is 9.59 Å². The molecule has 0 saturated carbocycles. The number of hydrogen-bond acceptors (Lipinski definition) is 4. The third-order valence-electron chi connectivity index (χ3n) is 2.46. The van der Waals surface area contributed by atoms with Crippen LogP contribution in [0.5, 0.6) is 0 Å². The van der Waals surface area contributed by atoms with Gasteiger partial charge in [0.25, 0.3) is 0 Å². The van der Waals surface area contributed by atoms with Gasteiger partial charge in [-0.15, -0.1) is 0 Å². The summed E-state index contributed by atoms with van der Waals surface area (Å²) < 4.78 is 11.7. The lowest BCUT2D eigenvalue weighted by atomic mass is 10.3. The molecule has 1 amide bonds. The Morgan fingerprint density at radius 2 is 2.53 bits per heavy atom. The lowest BCUT2D eigenvalue weighted by Gasteiger charge is -2.11. The summed E-state index contributed by atoms with van der Waals surface area (Å²) >= 11 is 0. The van der Waals surface area contributed by atoms with Crippen molar-refractivity contribution in [3.05, 3.63) is 24.0 Å². The van der Waals surface area contributed by atoms with Gasteiger partial charge in [0.05, 0.1) is 19.7 Å². The maximum atomic E-state index is 11.6. The Hall–Kier alpha value is -1.98. The number of nitrogens with zero attached hydrogens (tertiary/aromatic N) is 1. The van der Waals surface area contributed by atoms with Crippen molar-refractivity contribution in [1.29, 1.82) is 0 Å². The molecule has 17 heavy (non-hydrogen) atoms. The highest BCUT2D eigenvalue weighted by Gasteiger charge is 2.24. The maximum absolute atomic E-state index is 11.6. The van der Waals surface area contributed by atoms with E-state index in [-0.39, 0.29) is 12.1 Å². The standard InChI is InChI=1S/C11H14N2O4/c1-2-16-10(14)9-4-3-5-13(9)7-8-6-12-11(15)17-8/h3-5,8H,2,6-7H2,1H3,(H,12,15). The van der Waals surface area contributed by atoms with E-state index in [0.717, 1.165) is 0 Å². The van der Waals surface area contributed by atoms with Gasteiger partial charge in [-0.1, -0.05) is 0 Å². The number of alkyl carbamates (subject to hydrolysis) is 1. The van der Waals surface area contributed by atoms with Crippen LogP contribution in [-0.4, -0.2) is 35.9 Å². The molecular weight excluding hydrogens is 224 g/mol. The molecule has 1 fully saturated rings. The van der Waals surface area contributed by atoms with E-state index in [2.05, 4.69) is 5.32 Å². The summed E-state index contributed by atoms with van der Waals surface area (Å²) in [5, 5.41) is 2.57. The summed E-state index contributed by atoms with van der Waals surface area (Å²) in [6.07, 6.45) is 1.10. The van der Waals surface area contributed by atoms with Crippen LogP contribution in [0, 0.1) is 0 Å². The molecule has 6 nitrogen and oxygen atoms in total. The minimum Gasteiger partial charge on any atom is -0.461 e. The van der Waals surface area contributed by atoms with Crippen LogP contribution >= 0.6 is 0 Å². The van der Waals surface area contributed by atoms with Crippen molar-refractivity contribution in [2.75, 3.05) is 13.2 Å². The summed E-state index contributed by atoms with van der Waals surface area (Å²) in [6.45, 7) is 3.00. The van der Waals surface area contributed by atoms with Crippen molar-refractivity contribution in [3.63, 3.8) is 0 Å². The van der Waals surface area contributed by atoms with E-state index < -0.39 is 6.09 Å². The summed E-state index contributed by atoms with van der Waals surface area (Å²) in [6, 6.07) is 3.44.